The number of nitrogens with one attached hydrogen (secondary N) is 2. The summed E-state index contributed by atoms with van der Waals surface area (Å²) in [6, 6.07) is 5.96. The van der Waals surface area contributed by atoms with Crippen LogP contribution in [0.2, 0.25) is 0 Å². The van der Waals surface area contributed by atoms with Crippen LogP contribution in [-0.4, -0.2) is 17.1 Å². The molecule has 2 amide bonds. The summed E-state index contributed by atoms with van der Waals surface area (Å²) >= 11 is 6.43. The van der Waals surface area contributed by atoms with Gasteiger partial charge in [0, 0.05) is 8.95 Å². The second kappa shape index (κ2) is 6.77. The van der Waals surface area contributed by atoms with Gasteiger partial charge in [0.05, 0.1) is 24.1 Å². The minimum absolute atomic E-state index is 0.0237. The minimum Gasteiger partial charge on any atom is -0.478 e. The molecule has 6 nitrogen and oxygen atoms in total. The zero-order chi connectivity index (χ0) is 15.4. The molecule has 21 heavy (non-hydrogen) atoms. The number of aromatic carboxylic acids is 1. The Hall–Kier alpha value is -1.80. The van der Waals surface area contributed by atoms with Gasteiger partial charge in [-0.25, -0.2) is 9.59 Å². The van der Waals surface area contributed by atoms with Crippen LogP contribution in [0, 0.1) is 0 Å². The van der Waals surface area contributed by atoms with E-state index in [1.165, 1.54) is 12.3 Å². The fourth-order valence-electron chi connectivity index (χ4n) is 1.61. The lowest BCUT2D eigenvalue weighted by atomic mass is 10.2. The van der Waals surface area contributed by atoms with E-state index in [0.717, 1.165) is 0 Å². The first-order valence-electron chi connectivity index (χ1n) is 5.77. The van der Waals surface area contributed by atoms with Gasteiger partial charge in [0.2, 0.25) is 0 Å². The first kappa shape index (κ1) is 15.6. The Bertz CT molecular complexity index is 671. The van der Waals surface area contributed by atoms with Crippen molar-refractivity contribution in [1.29, 1.82) is 0 Å². The number of furan rings is 1. The molecule has 1 aromatic heterocycles. The number of hydrogen-bond donors (Lipinski definition) is 3. The molecule has 2 rings (SSSR count). The number of carboxylic acids is 1. The number of carbonyl (C=O) groups is 2. The van der Waals surface area contributed by atoms with Crippen LogP contribution in [0.1, 0.15) is 16.1 Å². The van der Waals surface area contributed by atoms with E-state index < -0.39 is 12.0 Å². The minimum atomic E-state index is -1.14. The molecule has 0 saturated heterocycles. The molecule has 0 atom stereocenters. The lowest BCUT2D eigenvalue weighted by Gasteiger charge is -2.12. The van der Waals surface area contributed by atoms with Crippen molar-refractivity contribution in [1.82, 2.24) is 5.32 Å². The first-order chi connectivity index (χ1) is 9.97. The average molecular weight is 418 g/mol. The number of hydrogen-bond acceptors (Lipinski definition) is 3. The van der Waals surface area contributed by atoms with Gasteiger partial charge in [-0.2, -0.15) is 0 Å². The monoisotopic (exact) mass is 416 g/mol. The van der Waals surface area contributed by atoms with E-state index in [-0.39, 0.29) is 17.8 Å². The SMILES string of the molecule is O=C(NCc1ccco1)Nc1c(Br)cc(Br)cc1C(=O)O. The Morgan fingerprint density at radius 3 is 2.67 bits per heavy atom. The Labute approximate surface area is 136 Å². The summed E-state index contributed by atoms with van der Waals surface area (Å²) in [5.74, 6) is -0.545. The Morgan fingerprint density at radius 2 is 2.05 bits per heavy atom. The first-order valence-corrected chi connectivity index (χ1v) is 7.35. The second-order valence-corrected chi connectivity index (χ2v) is 5.77. The molecule has 0 aliphatic carbocycles. The van der Waals surface area contributed by atoms with Gasteiger partial charge < -0.3 is 20.2 Å². The van der Waals surface area contributed by atoms with Crippen molar-refractivity contribution < 1.29 is 19.1 Å². The summed E-state index contributed by atoms with van der Waals surface area (Å²) in [6.07, 6.45) is 1.50. The van der Waals surface area contributed by atoms with Crippen LogP contribution >= 0.6 is 31.9 Å². The van der Waals surface area contributed by atoms with Crippen LogP contribution in [0.5, 0.6) is 0 Å². The van der Waals surface area contributed by atoms with Gasteiger partial charge in [0.1, 0.15) is 5.76 Å². The van der Waals surface area contributed by atoms with Crippen LogP contribution in [0.4, 0.5) is 10.5 Å². The molecule has 0 fully saturated rings. The van der Waals surface area contributed by atoms with Crippen LogP contribution in [0.3, 0.4) is 0 Å². The molecule has 110 valence electrons. The summed E-state index contributed by atoms with van der Waals surface area (Å²) < 4.78 is 6.14. The zero-order valence-electron chi connectivity index (χ0n) is 10.5. The predicted octanol–water partition coefficient (Wildman–Crippen LogP) is 3.82. The second-order valence-electron chi connectivity index (χ2n) is 4.00. The van der Waals surface area contributed by atoms with E-state index in [0.29, 0.717) is 14.7 Å². The molecule has 2 aromatic rings. The predicted molar refractivity (Wildman–Crippen MR) is 83.4 cm³/mol. The highest BCUT2D eigenvalue weighted by Gasteiger charge is 2.16. The van der Waals surface area contributed by atoms with Crippen LogP contribution in [0.25, 0.3) is 0 Å². The zero-order valence-corrected chi connectivity index (χ0v) is 13.7. The van der Waals surface area contributed by atoms with Crippen LogP contribution in [-0.2, 0) is 6.54 Å². The third-order valence-electron chi connectivity index (χ3n) is 2.53. The maximum atomic E-state index is 11.8. The standard InChI is InChI=1S/C13H10Br2N2O4/c14-7-4-9(12(18)19)11(10(15)5-7)17-13(20)16-6-8-2-1-3-21-8/h1-5H,6H2,(H,18,19)(H2,16,17,20). The average Bonchev–Trinajstić information content (AvgIpc) is 2.92. The number of rotatable bonds is 4. The molecule has 0 unspecified atom stereocenters. The third-order valence-corrected chi connectivity index (χ3v) is 3.61. The molecule has 0 saturated carbocycles. The van der Waals surface area contributed by atoms with Crippen molar-refractivity contribution in [2.75, 3.05) is 5.32 Å². The van der Waals surface area contributed by atoms with Crippen LogP contribution in [0.15, 0.2) is 43.9 Å². The summed E-state index contributed by atoms with van der Waals surface area (Å²) in [5.41, 5.74) is 0.159. The van der Waals surface area contributed by atoms with E-state index in [1.54, 1.807) is 18.2 Å². The van der Waals surface area contributed by atoms with Crippen molar-refractivity contribution in [2.24, 2.45) is 0 Å². The Balaban J connectivity index is 2.11. The van der Waals surface area contributed by atoms with Crippen LogP contribution < -0.4 is 10.6 Å². The van der Waals surface area contributed by atoms with Crippen molar-refractivity contribution in [3.63, 3.8) is 0 Å². The van der Waals surface area contributed by atoms with Gasteiger partial charge in [-0.15, -0.1) is 0 Å². The molecule has 0 radical (unpaired) electrons. The molecule has 1 aromatic carbocycles. The number of amides is 2. The smallest absolute Gasteiger partial charge is 0.337 e. The largest absolute Gasteiger partial charge is 0.478 e. The lowest BCUT2D eigenvalue weighted by Crippen LogP contribution is -2.29. The normalized spacial score (nSPS) is 10.2. The van der Waals surface area contributed by atoms with E-state index in [9.17, 15) is 14.7 Å². The topological polar surface area (TPSA) is 91.6 Å². The third kappa shape index (κ3) is 4.08. The summed E-state index contributed by atoms with van der Waals surface area (Å²) in [6.45, 7) is 0.204. The molecular weight excluding hydrogens is 408 g/mol. The molecule has 0 bridgehead atoms. The van der Waals surface area contributed by atoms with Gasteiger partial charge >= 0.3 is 12.0 Å². The Kier molecular flexibility index (Phi) is 5.03. The number of anilines is 1. The summed E-state index contributed by atoms with van der Waals surface area (Å²) in [7, 11) is 0. The summed E-state index contributed by atoms with van der Waals surface area (Å²) in [4.78, 5) is 23.1. The molecule has 1 heterocycles. The van der Waals surface area contributed by atoms with Crippen molar-refractivity contribution >= 4 is 49.5 Å². The van der Waals surface area contributed by atoms with E-state index >= 15 is 0 Å². The Morgan fingerprint density at radius 1 is 1.29 bits per heavy atom. The molecule has 0 aliphatic heterocycles. The molecular formula is C13H10Br2N2O4. The van der Waals surface area contributed by atoms with Gasteiger partial charge in [0.15, 0.2) is 0 Å². The molecule has 0 spiro atoms. The van der Waals surface area contributed by atoms with E-state index in [2.05, 4.69) is 42.5 Å². The van der Waals surface area contributed by atoms with Gasteiger partial charge in [-0.3, -0.25) is 0 Å². The number of carbonyl (C=O) groups excluding carboxylic acids is 1. The number of carboxylic acid groups (broad SMARTS) is 1. The van der Waals surface area contributed by atoms with Crippen molar-refractivity contribution in [3.8, 4) is 0 Å². The highest BCUT2D eigenvalue weighted by molar-refractivity contribution is 9.11. The summed E-state index contributed by atoms with van der Waals surface area (Å²) in [5, 5.41) is 14.3. The van der Waals surface area contributed by atoms with Gasteiger partial charge in [0.25, 0.3) is 0 Å². The maximum absolute atomic E-state index is 11.8. The lowest BCUT2D eigenvalue weighted by molar-refractivity contribution is 0.0698. The quantitative estimate of drug-likeness (QED) is 0.704. The number of benzene rings is 1. The highest BCUT2D eigenvalue weighted by Crippen LogP contribution is 2.30. The van der Waals surface area contributed by atoms with Gasteiger partial charge in [-0.1, -0.05) is 15.9 Å². The number of halogens is 2. The van der Waals surface area contributed by atoms with Crippen molar-refractivity contribution in [2.45, 2.75) is 6.54 Å². The molecule has 8 heteroatoms. The fraction of sp³-hybridized carbons (Fsp3) is 0.0769. The fourth-order valence-corrected chi connectivity index (χ4v) is 2.93. The molecule has 0 aliphatic rings. The maximum Gasteiger partial charge on any atom is 0.337 e. The van der Waals surface area contributed by atoms with Gasteiger partial charge in [-0.05, 0) is 40.2 Å². The van der Waals surface area contributed by atoms with E-state index in [4.69, 9.17) is 4.42 Å². The molecule has 3 N–H and O–H groups in total. The number of urea groups is 1. The highest BCUT2D eigenvalue weighted by atomic mass is 79.9. The van der Waals surface area contributed by atoms with E-state index in [1.807, 2.05) is 0 Å². The van der Waals surface area contributed by atoms with Crippen molar-refractivity contribution in [3.05, 3.63) is 50.8 Å².